The molecule has 2 rings (SSSR count). The van der Waals surface area contributed by atoms with Crippen molar-refractivity contribution in [2.24, 2.45) is 0 Å². The highest BCUT2D eigenvalue weighted by Gasteiger charge is 2.40. The van der Waals surface area contributed by atoms with Crippen molar-refractivity contribution in [3.8, 4) is 0 Å². The Bertz CT molecular complexity index is 533. The van der Waals surface area contributed by atoms with Crippen LogP contribution in [0.15, 0.2) is 4.42 Å². The van der Waals surface area contributed by atoms with Crippen molar-refractivity contribution in [2.75, 3.05) is 6.54 Å². The predicted octanol–water partition coefficient (Wildman–Crippen LogP) is 0.865. The Morgan fingerprint density at radius 2 is 1.89 bits per heavy atom. The first-order chi connectivity index (χ1) is 8.82. The summed E-state index contributed by atoms with van der Waals surface area (Å²) in [7, 11) is 0. The molecule has 1 amide bonds. The fraction of sp³-hybridized carbons (Fsp3) is 0.538. The summed E-state index contributed by atoms with van der Waals surface area (Å²) in [4.78, 5) is 24.8. The number of aliphatic carboxylic acids is 1. The molecular weight excluding hydrogens is 250 g/mol. The lowest BCUT2D eigenvalue weighted by atomic mass is 10.1. The van der Waals surface area contributed by atoms with Gasteiger partial charge in [-0.05, 0) is 20.8 Å². The van der Waals surface area contributed by atoms with Crippen molar-refractivity contribution >= 4 is 11.9 Å². The molecule has 0 bridgehead atoms. The van der Waals surface area contributed by atoms with Crippen molar-refractivity contribution in [1.82, 2.24) is 4.90 Å². The Morgan fingerprint density at radius 3 is 2.37 bits per heavy atom. The van der Waals surface area contributed by atoms with E-state index in [9.17, 15) is 14.7 Å². The standard InChI is InChI=1S/C13H17NO5/c1-6-7(2)19-8(3)11(6)12(16)14-5-9(15)4-10(14)13(17)18/h9-10,15H,4-5H2,1-3H3,(H,17,18)/t9-,10-/m0/s1. The Labute approximate surface area is 110 Å². The highest BCUT2D eigenvalue weighted by atomic mass is 16.4. The fourth-order valence-corrected chi connectivity index (χ4v) is 2.52. The number of furan rings is 1. The summed E-state index contributed by atoms with van der Waals surface area (Å²) in [5, 5.41) is 18.7. The molecule has 1 aromatic heterocycles. The van der Waals surface area contributed by atoms with Gasteiger partial charge in [0, 0.05) is 18.5 Å². The molecule has 104 valence electrons. The third-order valence-electron chi connectivity index (χ3n) is 3.60. The number of aliphatic hydroxyl groups excluding tert-OH is 1. The monoisotopic (exact) mass is 267 g/mol. The second-order valence-corrected chi connectivity index (χ2v) is 4.92. The molecule has 2 atom stereocenters. The normalized spacial score (nSPS) is 22.8. The van der Waals surface area contributed by atoms with Crippen LogP contribution in [0.4, 0.5) is 0 Å². The van der Waals surface area contributed by atoms with Crippen LogP contribution < -0.4 is 0 Å². The molecule has 6 nitrogen and oxygen atoms in total. The molecule has 1 saturated heterocycles. The van der Waals surface area contributed by atoms with Gasteiger partial charge in [-0.2, -0.15) is 0 Å². The lowest BCUT2D eigenvalue weighted by Gasteiger charge is -2.21. The molecular formula is C13H17NO5. The Hall–Kier alpha value is -1.82. The van der Waals surface area contributed by atoms with E-state index in [-0.39, 0.29) is 13.0 Å². The van der Waals surface area contributed by atoms with E-state index in [1.54, 1.807) is 20.8 Å². The largest absolute Gasteiger partial charge is 0.480 e. The van der Waals surface area contributed by atoms with Crippen LogP contribution in [0.5, 0.6) is 0 Å². The number of carbonyl (C=O) groups excluding carboxylic acids is 1. The SMILES string of the molecule is Cc1oc(C)c(C(=O)N2C[C@@H](O)C[C@H]2C(=O)O)c1C. The molecule has 0 aromatic carbocycles. The van der Waals surface area contributed by atoms with Crippen molar-refractivity contribution in [3.05, 3.63) is 22.6 Å². The number of rotatable bonds is 2. The summed E-state index contributed by atoms with van der Waals surface area (Å²) < 4.78 is 5.39. The molecule has 1 aromatic rings. The number of aliphatic hydroxyl groups is 1. The number of aryl methyl sites for hydroxylation is 2. The van der Waals surface area contributed by atoms with Crippen LogP contribution in [-0.4, -0.2) is 45.7 Å². The van der Waals surface area contributed by atoms with Crippen molar-refractivity contribution in [1.29, 1.82) is 0 Å². The van der Waals surface area contributed by atoms with Crippen LogP contribution >= 0.6 is 0 Å². The average Bonchev–Trinajstić information content (AvgIpc) is 2.81. The number of β-amino-alcohol motifs (C(OH)–C–C–N with tert-alkyl or cyclic N) is 1. The van der Waals surface area contributed by atoms with E-state index < -0.39 is 24.0 Å². The number of carbonyl (C=O) groups is 2. The first kappa shape index (κ1) is 13.6. The van der Waals surface area contributed by atoms with E-state index in [2.05, 4.69) is 0 Å². The third kappa shape index (κ3) is 2.23. The van der Waals surface area contributed by atoms with Crippen LogP contribution in [0.3, 0.4) is 0 Å². The van der Waals surface area contributed by atoms with E-state index in [1.807, 2.05) is 0 Å². The van der Waals surface area contributed by atoms with Crippen molar-refractivity contribution in [3.63, 3.8) is 0 Å². The van der Waals surface area contributed by atoms with Gasteiger partial charge in [-0.15, -0.1) is 0 Å². The van der Waals surface area contributed by atoms with Gasteiger partial charge in [0.2, 0.25) is 0 Å². The highest BCUT2D eigenvalue weighted by molar-refractivity contribution is 5.99. The summed E-state index contributed by atoms with van der Waals surface area (Å²) >= 11 is 0. The second kappa shape index (κ2) is 4.70. The minimum Gasteiger partial charge on any atom is -0.480 e. The number of nitrogens with zero attached hydrogens (tertiary/aromatic N) is 1. The van der Waals surface area contributed by atoms with Gasteiger partial charge < -0.3 is 19.5 Å². The quantitative estimate of drug-likeness (QED) is 0.829. The van der Waals surface area contributed by atoms with Gasteiger partial charge in [0.15, 0.2) is 0 Å². The molecule has 1 aliphatic rings. The first-order valence-corrected chi connectivity index (χ1v) is 6.11. The third-order valence-corrected chi connectivity index (χ3v) is 3.60. The van der Waals surface area contributed by atoms with Gasteiger partial charge in [0.05, 0.1) is 11.7 Å². The van der Waals surface area contributed by atoms with Crippen LogP contribution in [0.2, 0.25) is 0 Å². The lowest BCUT2D eigenvalue weighted by Crippen LogP contribution is -2.40. The topological polar surface area (TPSA) is 91.0 Å². The average molecular weight is 267 g/mol. The maximum Gasteiger partial charge on any atom is 0.326 e. The smallest absolute Gasteiger partial charge is 0.326 e. The molecule has 0 radical (unpaired) electrons. The molecule has 0 aliphatic carbocycles. The number of hydrogen-bond donors (Lipinski definition) is 2. The van der Waals surface area contributed by atoms with Crippen LogP contribution in [0, 0.1) is 20.8 Å². The van der Waals surface area contributed by atoms with Gasteiger partial charge in [-0.25, -0.2) is 4.79 Å². The molecule has 2 heterocycles. The van der Waals surface area contributed by atoms with E-state index in [4.69, 9.17) is 9.52 Å². The Kier molecular flexibility index (Phi) is 3.36. The van der Waals surface area contributed by atoms with E-state index in [0.717, 1.165) is 0 Å². The zero-order valence-corrected chi connectivity index (χ0v) is 11.1. The van der Waals surface area contributed by atoms with Crippen molar-refractivity contribution < 1.29 is 24.2 Å². The molecule has 6 heteroatoms. The second-order valence-electron chi connectivity index (χ2n) is 4.92. The number of amides is 1. The van der Waals surface area contributed by atoms with Crippen LogP contribution in [0.1, 0.15) is 33.9 Å². The predicted molar refractivity (Wildman–Crippen MR) is 66.0 cm³/mol. The number of hydrogen-bond acceptors (Lipinski definition) is 4. The highest BCUT2D eigenvalue weighted by Crippen LogP contribution is 2.26. The maximum absolute atomic E-state index is 12.5. The van der Waals surface area contributed by atoms with Crippen molar-refractivity contribution in [2.45, 2.75) is 39.3 Å². The maximum atomic E-state index is 12.5. The van der Waals surface area contributed by atoms with Gasteiger partial charge in [-0.3, -0.25) is 4.79 Å². The summed E-state index contributed by atoms with van der Waals surface area (Å²) in [6, 6.07) is -0.975. The minimum atomic E-state index is -1.10. The van der Waals surface area contributed by atoms with E-state index in [0.29, 0.717) is 22.6 Å². The van der Waals surface area contributed by atoms with Gasteiger partial charge in [-0.1, -0.05) is 0 Å². The van der Waals surface area contributed by atoms with Crippen LogP contribution in [-0.2, 0) is 4.79 Å². The van der Waals surface area contributed by atoms with Gasteiger partial charge >= 0.3 is 5.97 Å². The molecule has 1 aliphatic heterocycles. The van der Waals surface area contributed by atoms with E-state index >= 15 is 0 Å². The molecule has 0 saturated carbocycles. The molecule has 0 spiro atoms. The van der Waals surface area contributed by atoms with Gasteiger partial charge in [0.1, 0.15) is 17.6 Å². The van der Waals surface area contributed by atoms with Crippen LogP contribution in [0.25, 0.3) is 0 Å². The minimum absolute atomic E-state index is 0.0406. The Morgan fingerprint density at radius 1 is 1.26 bits per heavy atom. The fourth-order valence-electron chi connectivity index (χ4n) is 2.52. The molecule has 1 fully saturated rings. The summed E-state index contributed by atoms with van der Waals surface area (Å²) in [6.45, 7) is 5.24. The summed E-state index contributed by atoms with van der Waals surface area (Å²) in [5.41, 5.74) is 1.12. The number of carboxylic acid groups (broad SMARTS) is 1. The first-order valence-electron chi connectivity index (χ1n) is 6.11. The van der Waals surface area contributed by atoms with Gasteiger partial charge in [0.25, 0.3) is 5.91 Å². The Balaban J connectivity index is 2.36. The molecule has 19 heavy (non-hydrogen) atoms. The summed E-state index contributed by atoms with van der Waals surface area (Å²) in [5.74, 6) is -0.366. The summed E-state index contributed by atoms with van der Waals surface area (Å²) in [6.07, 6.45) is -0.727. The van der Waals surface area contributed by atoms with E-state index in [1.165, 1.54) is 4.90 Å². The lowest BCUT2D eigenvalue weighted by molar-refractivity contribution is -0.141. The number of likely N-dealkylation sites (tertiary alicyclic amines) is 1. The zero-order valence-electron chi connectivity index (χ0n) is 11.1. The molecule has 0 unspecified atom stereocenters. The molecule has 2 N–H and O–H groups in total. The zero-order chi connectivity index (χ0) is 14.3. The number of carboxylic acids is 1.